The van der Waals surface area contributed by atoms with Crippen molar-refractivity contribution in [3.8, 4) is 11.3 Å². The van der Waals surface area contributed by atoms with Crippen LogP contribution in [-0.4, -0.2) is 47.2 Å². The van der Waals surface area contributed by atoms with Gasteiger partial charge in [0.25, 0.3) is 0 Å². The van der Waals surface area contributed by atoms with E-state index in [1.165, 1.54) is 4.90 Å². The van der Waals surface area contributed by atoms with Crippen molar-refractivity contribution < 1.29 is 14.3 Å². The largest absolute Gasteiger partial charge is 0.465 e. The third-order valence-corrected chi connectivity index (χ3v) is 5.88. The number of carboxylic acid groups (broad SMARTS) is 1. The van der Waals surface area contributed by atoms with E-state index in [4.69, 9.17) is 9.52 Å². The number of benzene rings is 3. The second-order valence-electron chi connectivity index (χ2n) is 8.07. The van der Waals surface area contributed by atoms with Crippen LogP contribution in [0.5, 0.6) is 0 Å². The normalized spacial score (nSPS) is 14.6. The summed E-state index contributed by atoms with van der Waals surface area (Å²) >= 11 is 0. The molecular weight excluding hydrogens is 402 g/mol. The summed E-state index contributed by atoms with van der Waals surface area (Å²) < 4.78 is 6.27. The van der Waals surface area contributed by atoms with Gasteiger partial charge in [-0.15, -0.1) is 0 Å². The van der Waals surface area contributed by atoms with E-state index in [2.05, 4.69) is 46.6 Å². The van der Waals surface area contributed by atoms with Crippen LogP contribution in [0.15, 0.2) is 83.3 Å². The first-order valence-electron chi connectivity index (χ1n) is 10.8. The Bertz CT molecular complexity index is 1230. The Morgan fingerprint density at radius 2 is 1.66 bits per heavy atom. The van der Waals surface area contributed by atoms with Crippen LogP contribution in [0.2, 0.25) is 0 Å². The van der Waals surface area contributed by atoms with Gasteiger partial charge in [0.2, 0.25) is 0 Å². The summed E-state index contributed by atoms with van der Waals surface area (Å²) in [5, 5.41) is 13.7. The number of rotatable bonds is 5. The fourth-order valence-electron chi connectivity index (χ4n) is 4.15. The zero-order valence-electron chi connectivity index (χ0n) is 17.7. The molecule has 4 aromatic rings. The molecule has 0 spiro atoms. The lowest BCUT2D eigenvalue weighted by molar-refractivity contribution is 0.103. The van der Waals surface area contributed by atoms with Crippen LogP contribution in [0, 0.1) is 0 Å². The monoisotopic (exact) mass is 427 g/mol. The summed E-state index contributed by atoms with van der Waals surface area (Å²) in [4.78, 5) is 14.9. The molecule has 1 saturated heterocycles. The molecule has 162 valence electrons. The number of anilines is 2. The molecule has 1 fully saturated rings. The van der Waals surface area contributed by atoms with E-state index in [0.29, 0.717) is 13.1 Å². The molecule has 0 radical (unpaired) electrons. The number of hydrogen-bond donors (Lipinski definition) is 2. The first-order chi connectivity index (χ1) is 15.7. The molecule has 0 bridgehead atoms. The SMILES string of the molecule is O=C(O)N1CCN(Cc2ccc3cc(-c4ccccc4Nc4ccccc4)oc3c2)CC1. The van der Waals surface area contributed by atoms with Crippen LogP contribution in [-0.2, 0) is 6.54 Å². The number of para-hydroxylation sites is 2. The van der Waals surface area contributed by atoms with Gasteiger partial charge in [0.15, 0.2) is 0 Å². The maximum Gasteiger partial charge on any atom is 0.407 e. The van der Waals surface area contributed by atoms with Gasteiger partial charge in [-0.05, 0) is 42.0 Å². The number of amides is 1. The van der Waals surface area contributed by atoms with Crippen molar-refractivity contribution in [1.29, 1.82) is 0 Å². The maximum absolute atomic E-state index is 11.1. The van der Waals surface area contributed by atoms with Crippen LogP contribution in [0.4, 0.5) is 16.2 Å². The third kappa shape index (κ3) is 4.31. The van der Waals surface area contributed by atoms with Crippen LogP contribution >= 0.6 is 0 Å². The highest BCUT2D eigenvalue weighted by molar-refractivity contribution is 5.87. The predicted molar refractivity (Wildman–Crippen MR) is 126 cm³/mol. The predicted octanol–water partition coefficient (Wildman–Crippen LogP) is 5.64. The summed E-state index contributed by atoms with van der Waals surface area (Å²) in [6, 6.07) is 26.6. The molecule has 6 nitrogen and oxygen atoms in total. The van der Waals surface area contributed by atoms with Crippen molar-refractivity contribution in [2.75, 3.05) is 31.5 Å². The van der Waals surface area contributed by atoms with Gasteiger partial charge in [0.1, 0.15) is 11.3 Å². The van der Waals surface area contributed by atoms with E-state index in [1.807, 2.05) is 42.5 Å². The van der Waals surface area contributed by atoms with Crippen molar-refractivity contribution >= 4 is 28.4 Å². The fourth-order valence-corrected chi connectivity index (χ4v) is 4.15. The minimum atomic E-state index is -0.837. The van der Waals surface area contributed by atoms with Gasteiger partial charge in [0, 0.05) is 55.0 Å². The molecule has 1 amide bonds. The van der Waals surface area contributed by atoms with E-state index in [9.17, 15) is 4.79 Å². The van der Waals surface area contributed by atoms with Gasteiger partial charge in [0.05, 0.1) is 0 Å². The average molecular weight is 428 g/mol. The Morgan fingerprint density at radius 3 is 2.44 bits per heavy atom. The molecule has 3 aromatic carbocycles. The van der Waals surface area contributed by atoms with E-state index < -0.39 is 6.09 Å². The molecule has 5 rings (SSSR count). The number of hydrogen-bond acceptors (Lipinski definition) is 4. The lowest BCUT2D eigenvalue weighted by atomic mass is 10.1. The van der Waals surface area contributed by atoms with Crippen LogP contribution in [0.1, 0.15) is 5.56 Å². The Kier molecular flexibility index (Phi) is 5.52. The Hall–Kier alpha value is -3.77. The van der Waals surface area contributed by atoms with Gasteiger partial charge in [-0.3, -0.25) is 4.90 Å². The zero-order chi connectivity index (χ0) is 21.9. The number of furan rings is 1. The lowest BCUT2D eigenvalue weighted by Crippen LogP contribution is -2.47. The summed E-state index contributed by atoms with van der Waals surface area (Å²) in [5.74, 6) is 0.825. The van der Waals surface area contributed by atoms with E-state index >= 15 is 0 Å². The second kappa shape index (κ2) is 8.77. The molecule has 0 unspecified atom stereocenters. The first kappa shape index (κ1) is 20.2. The highest BCUT2D eigenvalue weighted by atomic mass is 16.4. The molecule has 0 atom stereocenters. The Balaban J connectivity index is 1.36. The van der Waals surface area contributed by atoms with Crippen molar-refractivity contribution in [2.45, 2.75) is 6.54 Å². The summed E-state index contributed by atoms with van der Waals surface area (Å²) in [5.41, 5.74) is 5.06. The van der Waals surface area contributed by atoms with E-state index in [1.54, 1.807) is 0 Å². The maximum atomic E-state index is 11.1. The van der Waals surface area contributed by atoms with E-state index in [-0.39, 0.29) is 0 Å². The molecule has 6 heteroatoms. The van der Waals surface area contributed by atoms with Crippen molar-refractivity contribution in [2.24, 2.45) is 0 Å². The zero-order valence-corrected chi connectivity index (χ0v) is 17.7. The third-order valence-electron chi connectivity index (χ3n) is 5.88. The van der Waals surface area contributed by atoms with Crippen LogP contribution in [0.25, 0.3) is 22.3 Å². The molecule has 0 saturated carbocycles. The van der Waals surface area contributed by atoms with Crippen LogP contribution in [0.3, 0.4) is 0 Å². The molecule has 2 N–H and O–H groups in total. The highest BCUT2D eigenvalue weighted by Crippen LogP contribution is 2.34. The summed E-state index contributed by atoms with van der Waals surface area (Å²) in [6.45, 7) is 3.37. The number of nitrogens with one attached hydrogen (secondary N) is 1. The molecule has 32 heavy (non-hydrogen) atoms. The van der Waals surface area contributed by atoms with Crippen LogP contribution < -0.4 is 5.32 Å². The van der Waals surface area contributed by atoms with Gasteiger partial charge in [-0.25, -0.2) is 4.79 Å². The lowest BCUT2D eigenvalue weighted by Gasteiger charge is -2.33. The number of carbonyl (C=O) groups is 1. The molecular formula is C26H25N3O3. The summed E-state index contributed by atoms with van der Waals surface area (Å²) in [7, 11) is 0. The molecule has 1 aliphatic heterocycles. The van der Waals surface area contributed by atoms with Crippen molar-refractivity contribution in [3.63, 3.8) is 0 Å². The first-order valence-corrected chi connectivity index (χ1v) is 10.8. The standard InChI is InChI=1S/C26H25N3O3/c30-26(31)29-14-12-28(13-15-29)18-19-10-11-20-17-25(32-24(20)16-19)22-8-4-5-9-23(22)27-21-6-2-1-3-7-21/h1-11,16-17,27H,12-15,18H2,(H,30,31). The topological polar surface area (TPSA) is 69.0 Å². The Morgan fingerprint density at radius 1 is 0.906 bits per heavy atom. The van der Waals surface area contributed by atoms with Crippen molar-refractivity contribution in [1.82, 2.24) is 9.80 Å². The average Bonchev–Trinajstić information content (AvgIpc) is 3.24. The highest BCUT2D eigenvalue weighted by Gasteiger charge is 2.20. The molecule has 1 aromatic heterocycles. The number of fused-ring (bicyclic) bond motifs is 1. The summed E-state index contributed by atoms with van der Waals surface area (Å²) in [6.07, 6.45) is -0.837. The van der Waals surface area contributed by atoms with Crippen molar-refractivity contribution in [3.05, 3.63) is 84.4 Å². The second-order valence-corrected chi connectivity index (χ2v) is 8.07. The fraction of sp³-hybridized carbons (Fsp3) is 0.192. The molecule has 1 aliphatic rings. The molecule has 0 aliphatic carbocycles. The number of piperazine rings is 1. The van der Waals surface area contributed by atoms with Gasteiger partial charge in [-0.1, -0.05) is 42.5 Å². The Labute approximate surface area is 186 Å². The van der Waals surface area contributed by atoms with Gasteiger partial charge >= 0.3 is 6.09 Å². The van der Waals surface area contributed by atoms with E-state index in [0.717, 1.165) is 58.9 Å². The minimum absolute atomic E-state index is 0.549. The van der Waals surface area contributed by atoms with Gasteiger partial charge < -0.3 is 19.7 Å². The smallest absolute Gasteiger partial charge is 0.407 e. The minimum Gasteiger partial charge on any atom is -0.465 e. The quantitative estimate of drug-likeness (QED) is 0.431. The van der Waals surface area contributed by atoms with Gasteiger partial charge in [-0.2, -0.15) is 0 Å². The molecule has 2 heterocycles. The number of nitrogens with zero attached hydrogens (tertiary/aromatic N) is 2.